The average Bonchev–Trinajstić information content (AvgIpc) is 3.05. The highest BCUT2D eigenvalue weighted by Gasteiger charge is 2.15. The summed E-state index contributed by atoms with van der Waals surface area (Å²) < 4.78 is 10.9. The number of methoxy groups -OCH3 is 1. The van der Waals surface area contributed by atoms with Gasteiger partial charge in [0.05, 0.1) is 13.7 Å². The van der Waals surface area contributed by atoms with E-state index in [9.17, 15) is 4.79 Å². The van der Waals surface area contributed by atoms with Gasteiger partial charge in [0.25, 0.3) is 5.91 Å². The van der Waals surface area contributed by atoms with Gasteiger partial charge in [0.15, 0.2) is 0 Å². The van der Waals surface area contributed by atoms with Gasteiger partial charge in [-0.15, -0.1) is 0 Å². The number of hydrogen-bond acceptors (Lipinski definition) is 4. The van der Waals surface area contributed by atoms with E-state index in [1.54, 1.807) is 13.2 Å². The van der Waals surface area contributed by atoms with Gasteiger partial charge in [0.1, 0.15) is 11.3 Å². The average molecular weight is 353 g/mol. The lowest BCUT2D eigenvalue weighted by Crippen LogP contribution is -2.26. The van der Waals surface area contributed by atoms with E-state index in [2.05, 4.69) is 15.3 Å². The number of hydrogen-bond donors (Lipinski definition) is 2. The van der Waals surface area contributed by atoms with Crippen LogP contribution in [0.25, 0.3) is 10.9 Å². The van der Waals surface area contributed by atoms with Crippen LogP contribution in [0.15, 0.2) is 36.5 Å². The maximum absolute atomic E-state index is 12.5. The van der Waals surface area contributed by atoms with Gasteiger partial charge in [-0.2, -0.15) is 0 Å². The molecule has 2 heterocycles. The third-order valence-electron chi connectivity index (χ3n) is 4.17. The minimum absolute atomic E-state index is 0.187. The molecule has 0 saturated carbocycles. The van der Waals surface area contributed by atoms with Gasteiger partial charge in [-0.25, -0.2) is 4.98 Å². The molecule has 0 aliphatic rings. The fourth-order valence-corrected chi connectivity index (χ4v) is 2.95. The molecular formula is C20H23N3O3. The number of benzene rings is 1. The van der Waals surface area contributed by atoms with Crippen molar-refractivity contribution in [3.8, 4) is 11.6 Å². The molecule has 3 rings (SSSR count). The number of carbonyl (C=O) groups is 1. The third kappa shape index (κ3) is 3.64. The van der Waals surface area contributed by atoms with Crippen molar-refractivity contribution < 1.29 is 14.3 Å². The molecule has 0 saturated heterocycles. The van der Waals surface area contributed by atoms with E-state index in [4.69, 9.17) is 9.47 Å². The number of fused-ring (bicyclic) bond motifs is 1. The minimum Gasteiger partial charge on any atom is -0.496 e. The van der Waals surface area contributed by atoms with Crippen LogP contribution in [0.3, 0.4) is 0 Å². The lowest BCUT2D eigenvalue weighted by molar-refractivity contribution is 0.0949. The van der Waals surface area contributed by atoms with Crippen LogP contribution in [-0.2, 0) is 6.42 Å². The molecule has 0 bridgehead atoms. The van der Waals surface area contributed by atoms with Crippen LogP contribution < -0.4 is 14.8 Å². The van der Waals surface area contributed by atoms with Crippen molar-refractivity contribution in [1.29, 1.82) is 0 Å². The number of rotatable bonds is 7. The summed E-state index contributed by atoms with van der Waals surface area (Å²) in [5, 5.41) is 4.00. The number of ether oxygens (including phenoxy) is 2. The number of aryl methyl sites for hydroxylation is 1. The lowest BCUT2D eigenvalue weighted by atomic mass is 10.1. The molecule has 0 aliphatic heterocycles. The van der Waals surface area contributed by atoms with Gasteiger partial charge in [0, 0.05) is 29.3 Å². The van der Waals surface area contributed by atoms with Crippen molar-refractivity contribution in [2.24, 2.45) is 0 Å². The zero-order chi connectivity index (χ0) is 18.5. The Bertz CT molecular complexity index is 918. The van der Waals surface area contributed by atoms with Gasteiger partial charge < -0.3 is 19.8 Å². The van der Waals surface area contributed by atoms with Gasteiger partial charge in [-0.3, -0.25) is 4.79 Å². The van der Waals surface area contributed by atoms with Crippen molar-refractivity contribution in [2.45, 2.75) is 20.3 Å². The number of pyridine rings is 1. The first-order valence-corrected chi connectivity index (χ1v) is 8.65. The number of nitrogens with zero attached hydrogens (tertiary/aromatic N) is 1. The molecule has 6 nitrogen and oxygen atoms in total. The highest BCUT2D eigenvalue weighted by atomic mass is 16.5. The summed E-state index contributed by atoms with van der Waals surface area (Å²) in [4.78, 5) is 20.0. The molecule has 0 unspecified atom stereocenters. The molecule has 0 atom stereocenters. The topological polar surface area (TPSA) is 76.2 Å². The lowest BCUT2D eigenvalue weighted by Gasteiger charge is -2.10. The van der Waals surface area contributed by atoms with Crippen LogP contribution >= 0.6 is 0 Å². The molecule has 3 aromatic rings. The second-order valence-electron chi connectivity index (χ2n) is 5.94. The van der Waals surface area contributed by atoms with Crippen LogP contribution in [0.1, 0.15) is 28.5 Å². The van der Waals surface area contributed by atoms with Crippen LogP contribution in [0.4, 0.5) is 0 Å². The summed E-state index contributed by atoms with van der Waals surface area (Å²) in [5.74, 6) is 1.01. The fraction of sp³-hybridized carbons (Fsp3) is 0.300. The van der Waals surface area contributed by atoms with Crippen molar-refractivity contribution in [3.63, 3.8) is 0 Å². The van der Waals surface area contributed by atoms with E-state index < -0.39 is 0 Å². The van der Waals surface area contributed by atoms with Crippen LogP contribution in [0, 0.1) is 6.92 Å². The highest BCUT2D eigenvalue weighted by molar-refractivity contribution is 5.96. The van der Waals surface area contributed by atoms with Crippen molar-refractivity contribution in [2.75, 3.05) is 20.3 Å². The molecule has 1 amide bonds. The molecule has 0 radical (unpaired) electrons. The molecular weight excluding hydrogens is 330 g/mol. The number of carbonyl (C=O) groups excluding carboxylic acids is 1. The number of H-pyrrole nitrogens is 1. The molecule has 0 fully saturated rings. The maximum Gasteiger partial charge on any atom is 0.256 e. The predicted molar refractivity (Wildman–Crippen MR) is 101 cm³/mol. The molecule has 0 spiro atoms. The summed E-state index contributed by atoms with van der Waals surface area (Å²) in [7, 11) is 1.66. The number of aromatic amines is 1. The first-order chi connectivity index (χ1) is 12.6. The van der Waals surface area contributed by atoms with Crippen LogP contribution in [0.2, 0.25) is 0 Å². The van der Waals surface area contributed by atoms with E-state index in [0.717, 1.165) is 27.9 Å². The second-order valence-corrected chi connectivity index (χ2v) is 5.94. The largest absolute Gasteiger partial charge is 0.496 e. The molecule has 0 aliphatic carbocycles. The van der Waals surface area contributed by atoms with Gasteiger partial charge >= 0.3 is 0 Å². The van der Waals surface area contributed by atoms with E-state index in [0.29, 0.717) is 31.0 Å². The Hall–Kier alpha value is -3.02. The van der Waals surface area contributed by atoms with Gasteiger partial charge in [0.2, 0.25) is 5.88 Å². The standard InChI is InChI=1S/C20H23N3O3/c1-4-26-20-15(9-8-13(2)23-20)19(24)21-11-10-14-12-22-16-6-5-7-17(25-3)18(14)16/h5-9,12,22H,4,10-11H2,1-3H3,(H,21,24). The molecule has 26 heavy (non-hydrogen) atoms. The molecule has 1 aromatic carbocycles. The zero-order valence-electron chi connectivity index (χ0n) is 15.3. The first-order valence-electron chi connectivity index (χ1n) is 8.65. The second kappa shape index (κ2) is 7.91. The Balaban J connectivity index is 1.70. The van der Waals surface area contributed by atoms with Crippen LogP contribution in [-0.4, -0.2) is 36.1 Å². The van der Waals surface area contributed by atoms with E-state index in [1.165, 1.54) is 0 Å². The van der Waals surface area contributed by atoms with E-state index >= 15 is 0 Å². The number of aromatic nitrogens is 2. The SMILES string of the molecule is CCOc1nc(C)ccc1C(=O)NCCc1c[nH]c2cccc(OC)c12. The summed E-state index contributed by atoms with van der Waals surface area (Å²) in [5.41, 5.74) is 3.39. The van der Waals surface area contributed by atoms with E-state index in [-0.39, 0.29) is 5.91 Å². The summed E-state index contributed by atoms with van der Waals surface area (Å²) in [6.07, 6.45) is 2.65. The van der Waals surface area contributed by atoms with E-state index in [1.807, 2.05) is 44.3 Å². The first kappa shape index (κ1) is 17.8. The Kier molecular flexibility index (Phi) is 5.41. The molecule has 2 N–H and O–H groups in total. The smallest absolute Gasteiger partial charge is 0.256 e. The Labute approximate surface area is 152 Å². The van der Waals surface area contributed by atoms with Crippen molar-refractivity contribution in [1.82, 2.24) is 15.3 Å². The Morgan fingerprint density at radius 3 is 2.88 bits per heavy atom. The van der Waals surface area contributed by atoms with Crippen molar-refractivity contribution >= 4 is 16.8 Å². The predicted octanol–water partition coefficient (Wildman–Crippen LogP) is 3.25. The minimum atomic E-state index is -0.187. The maximum atomic E-state index is 12.5. The van der Waals surface area contributed by atoms with Gasteiger partial charge in [-0.05, 0) is 50.1 Å². The quantitative estimate of drug-likeness (QED) is 0.684. The summed E-state index contributed by atoms with van der Waals surface area (Å²) in [6, 6.07) is 9.44. The van der Waals surface area contributed by atoms with Crippen LogP contribution in [0.5, 0.6) is 11.6 Å². The van der Waals surface area contributed by atoms with Crippen molar-refractivity contribution in [3.05, 3.63) is 53.3 Å². The monoisotopic (exact) mass is 353 g/mol. The summed E-state index contributed by atoms with van der Waals surface area (Å²) in [6.45, 7) is 4.71. The molecule has 136 valence electrons. The normalized spacial score (nSPS) is 10.7. The number of amides is 1. The molecule has 2 aromatic heterocycles. The summed E-state index contributed by atoms with van der Waals surface area (Å²) >= 11 is 0. The Morgan fingerprint density at radius 1 is 1.27 bits per heavy atom. The third-order valence-corrected chi connectivity index (χ3v) is 4.17. The fourth-order valence-electron chi connectivity index (χ4n) is 2.95. The highest BCUT2D eigenvalue weighted by Crippen LogP contribution is 2.28. The molecule has 6 heteroatoms. The number of nitrogens with one attached hydrogen (secondary N) is 2. The van der Waals surface area contributed by atoms with Gasteiger partial charge in [-0.1, -0.05) is 6.07 Å². The Morgan fingerprint density at radius 2 is 2.12 bits per heavy atom. The zero-order valence-corrected chi connectivity index (χ0v) is 15.3.